The van der Waals surface area contributed by atoms with Crippen molar-refractivity contribution in [3.8, 4) is 5.75 Å². The maximum atomic E-state index is 10.5. The molecule has 5 nitrogen and oxygen atoms in total. The van der Waals surface area contributed by atoms with Crippen LogP contribution < -0.4 is 0 Å². The molecule has 0 atom stereocenters. The summed E-state index contributed by atoms with van der Waals surface area (Å²) < 4.78 is 0. The summed E-state index contributed by atoms with van der Waals surface area (Å²) in [6.07, 6.45) is 0. The molecule has 0 spiro atoms. The predicted molar refractivity (Wildman–Crippen MR) is 73.2 cm³/mol. The molecule has 0 aliphatic rings. The summed E-state index contributed by atoms with van der Waals surface area (Å²) in [6.45, 7) is 1.64. The highest BCUT2D eigenvalue weighted by Gasteiger charge is 2.05. The van der Waals surface area contributed by atoms with Crippen molar-refractivity contribution in [1.82, 2.24) is 0 Å². The van der Waals surface area contributed by atoms with Crippen LogP contribution in [0.5, 0.6) is 5.75 Å². The van der Waals surface area contributed by atoms with E-state index in [-0.39, 0.29) is 11.3 Å². The van der Waals surface area contributed by atoms with E-state index in [1.807, 2.05) is 0 Å². The van der Waals surface area contributed by atoms with Crippen molar-refractivity contribution in [2.75, 3.05) is 0 Å². The molecule has 0 saturated heterocycles. The Balaban J connectivity index is 0.000000204. The van der Waals surface area contributed by atoms with Crippen LogP contribution in [0.4, 0.5) is 0 Å². The van der Waals surface area contributed by atoms with Crippen LogP contribution in [0, 0.1) is 6.92 Å². The summed E-state index contributed by atoms with van der Waals surface area (Å²) in [5.74, 6) is -1.76. The van der Waals surface area contributed by atoms with Crippen molar-refractivity contribution in [2.24, 2.45) is 0 Å². The predicted octanol–water partition coefficient (Wildman–Crippen LogP) is 2.78. The number of aromatic carboxylic acids is 2. The van der Waals surface area contributed by atoms with E-state index < -0.39 is 11.9 Å². The SMILES string of the molecule is Cc1cc(O)ccc1C(=O)O.O=C(O)c1ccccc1. The summed E-state index contributed by atoms with van der Waals surface area (Å²) >= 11 is 0. The van der Waals surface area contributed by atoms with Gasteiger partial charge in [-0.3, -0.25) is 0 Å². The van der Waals surface area contributed by atoms with E-state index in [4.69, 9.17) is 15.3 Å². The standard InChI is InChI=1S/C8H8O3.C7H6O2/c1-5-4-6(9)2-3-7(5)8(10)11;8-7(9)6-4-2-1-3-5-6/h2-4,9H,1H3,(H,10,11);1-5H,(H,8,9). The lowest BCUT2D eigenvalue weighted by Gasteiger charge is -1.99. The highest BCUT2D eigenvalue weighted by atomic mass is 16.4. The topological polar surface area (TPSA) is 94.8 Å². The van der Waals surface area contributed by atoms with Gasteiger partial charge in [-0.2, -0.15) is 0 Å². The summed E-state index contributed by atoms with van der Waals surface area (Å²) in [7, 11) is 0. The van der Waals surface area contributed by atoms with E-state index in [1.54, 1.807) is 37.3 Å². The number of aryl methyl sites for hydroxylation is 1. The van der Waals surface area contributed by atoms with Crippen LogP contribution in [0.25, 0.3) is 0 Å². The zero-order chi connectivity index (χ0) is 15.1. The zero-order valence-corrected chi connectivity index (χ0v) is 10.8. The van der Waals surface area contributed by atoms with E-state index in [0.717, 1.165) is 0 Å². The molecule has 5 heteroatoms. The molecule has 0 aromatic heterocycles. The highest BCUT2D eigenvalue weighted by Crippen LogP contribution is 2.15. The molecular formula is C15H14O5. The molecule has 0 aliphatic heterocycles. The van der Waals surface area contributed by atoms with Gasteiger partial charge in [-0.15, -0.1) is 0 Å². The van der Waals surface area contributed by atoms with Gasteiger partial charge in [-0.05, 0) is 42.8 Å². The lowest BCUT2D eigenvalue weighted by atomic mass is 10.1. The summed E-state index contributed by atoms with van der Waals surface area (Å²) in [5, 5.41) is 25.9. The molecule has 0 heterocycles. The van der Waals surface area contributed by atoms with Crippen molar-refractivity contribution >= 4 is 11.9 Å². The fourth-order valence-corrected chi connectivity index (χ4v) is 1.47. The number of benzene rings is 2. The molecule has 2 aromatic carbocycles. The van der Waals surface area contributed by atoms with Crippen molar-refractivity contribution in [3.05, 3.63) is 65.2 Å². The van der Waals surface area contributed by atoms with Gasteiger partial charge in [0.2, 0.25) is 0 Å². The van der Waals surface area contributed by atoms with Crippen molar-refractivity contribution < 1.29 is 24.9 Å². The molecule has 0 bridgehead atoms. The number of rotatable bonds is 2. The first-order chi connectivity index (χ1) is 9.41. The van der Waals surface area contributed by atoms with Gasteiger partial charge in [-0.1, -0.05) is 18.2 Å². The van der Waals surface area contributed by atoms with Crippen molar-refractivity contribution in [3.63, 3.8) is 0 Å². The molecule has 0 aliphatic carbocycles. The van der Waals surface area contributed by atoms with Gasteiger partial charge in [0.25, 0.3) is 0 Å². The van der Waals surface area contributed by atoms with E-state index in [1.165, 1.54) is 18.2 Å². The van der Waals surface area contributed by atoms with Gasteiger partial charge in [0, 0.05) is 0 Å². The second kappa shape index (κ2) is 6.94. The fourth-order valence-electron chi connectivity index (χ4n) is 1.47. The van der Waals surface area contributed by atoms with Gasteiger partial charge in [0.1, 0.15) is 5.75 Å². The summed E-state index contributed by atoms with van der Waals surface area (Å²) in [6, 6.07) is 12.5. The largest absolute Gasteiger partial charge is 0.508 e. The molecule has 2 rings (SSSR count). The van der Waals surface area contributed by atoms with Crippen LogP contribution in [-0.4, -0.2) is 27.3 Å². The van der Waals surface area contributed by atoms with E-state index in [2.05, 4.69) is 0 Å². The highest BCUT2D eigenvalue weighted by molar-refractivity contribution is 5.89. The first-order valence-electron chi connectivity index (χ1n) is 5.73. The van der Waals surface area contributed by atoms with E-state index >= 15 is 0 Å². The number of hydrogen-bond donors (Lipinski definition) is 3. The number of phenols is 1. The smallest absolute Gasteiger partial charge is 0.335 e. The Morgan fingerprint density at radius 1 is 0.900 bits per heavy atom. The van der Waals surface area contributed by atoms with Crippen molar-refractivity contribution in [1.29, 1.82) is 0 Å². The third-order valence-electron chi connectivity index (χ3n) is 2.46. The lowest BCUT2D eigenvalue weighted by molar-refractivity contribution is 0.0685. The molecule has 0 unspecified atom stereocenters. The van der Waals surface area contributed by atoms with Crippen molar-refractivity contribution in [2.45, 2.75) is 6.92 Å². The Hall–Kier alpha value is -2.82. The second-order valence-electron chi connectivity index (χ2n) is 3.98. The molecule has 3 N–H and O–H groups in total. The first kappa shape index (κ1) is 15.2. The second-order valence-corrected chi connectivity index (χ2v) is 3.98. The Bertz CT molecular complexity index is 605. The van der Waals surface area contributed by atoms with Crippen LogP contribution in [0.3, 0.4) is 0 Å². The number of phenolic OH excluding ortho intramolecular Hbond substituents is 1. The number of hydrogen-bond acceptors (Lipinski definition) is 3. The minimum Gasteiger partial charge on any atom is -0.508 e. The first-order valence-corrected chi connectivity index (χ1v) is 5.73. The number of aromatic hydroxyl groups is 1. The molecule has 2 aromatic rings. The van der Waals surface area contributed by atoms with Crippen LogP contribution in [0.2, 0.25) is 0 Å². The van der Waals surface area contributed by atoms with E-state index in [9.17, 15) is 9.59 Å². The Morgan fingerprint density at radius 2 is 1.50 bits per heavy atom. The minimum atomic E-state index is -0.970. The average molecular weight is 274 g/mol. The Kier molecular flexibility index (Phi) is 5.29. The maximum absolute atomic E-state index is 10.5. The van der Waals surface area contributed by atoms with Crippen LogP contribution in [0.15, 0.2) is 48.5 Å². The Morgan fingerprint density at radius 3 is 1.90 bits per heavy atom. The zero-order valence-electron chi connectivity index (χ0n) is 10.8. The summed E-state index contributed by atoms with van der Waals surface area (Å²) in [4.78, 5) is 20.7. The Labute approximate surface area is 115 Å². The molecule has 0 amide bonds. The van der Waals surface area contributed by atoms with Gasteiger partial charge in [0.05, 0.1) is 11.1 Å². The van der Waals surface area contributed by atoms with Gasteiger partial charge >= 0.3 is 11.9 Å². The fraction of sp³-hybridized carbons (Fsp3) is 0.0667. The lowest BCUT2D eigenvalue weighted by Crippen LogP contribution is -1.98. The van der Waals surface area contributed by atoms with Crippen LogP contribution >= 0.6 is 0 Å². The number of carbonyl (C=O) groups is 2. The van der Waals surface area contributed by atoms with Crippen LogP contribution in [-0.2, 0) is 0 Å². The van der Waals surface area contributed by atoms with E-state index in [0.29, 0.717) is 11.1 Å². The summed E-state index contributed by atoms with van der Waals surface area (Å²) in [5.41, 5.74) is 1.12. The molecule has 104 valence electrons. The molecule has 0 radical (unpaired) electrons. The monoisotopic (exact) mass is 274 g/mol. The maximum Gasteiger partial charge on any atom is 0.335 e. The average Bonchev–Trinajstić information content (AvgIpc) is 2.40. The molecule has 0 fully saturated rings. The normalized spacial score (nSPS) is 9.25. The minimum absolute atomic E-state index is 0.0903. The molecule has 20 heavy (non-hydrogen) atoms. The van der Waals surface area contributed by atoms with Gasteiger partial charge in [0.15, 0.2) is 0 Å². The molecule has 0 saturated carbocycles. The number of carboxylic acids is 2. The van der Waals surface area contributed by atoms with Gasteiger partial charge < -0.3 is 15.3 Å². The third kappa shape index (κ3) is 4.45. The number of carboxylic acid groups (broad SMARTS) is 2. The van der Waals surface area contributed by atoms with Crippen LogP contribution in [0.1, 0.15) is 26.3 Å². The van der Waals surface area contributed by atoms with Gasteiger partial charge in [-0.25, -0.2) is 9.59 Å². The molecular weight excluding hydrogens is 260 g/mol. The third-order valence-corrected chi connectivity index (χ3v) is 2.46. The quantitative estimate of drug-likeness (QED) is 0.782.